The van der Waals surface area contributed by atoms with E-state index in [1.165, 1.54) is 6.07 Å². The van der Waals surface area contributed by atoms with Crippen molar-refractivity contribution >= 4 is 21.6 Å². The summed E-state index contributed by atoms with van der Waals surface area (Å²) in [7, 11) is -3.66. The van der Waals surface area contributed by atoms with Crippen molar-refractivity contribution in [2.24, 2.45) is 0 Å². The van der Waals surface area contributed by atoms with Crippen molar-refractivity contribution in [3.05, 3.63) is 65.2 Å². The third-order valence-corrected chi connectivity index (χ3v) is 5.07. The summed E-state index contributed by atoms with van der Waals surface area (Å²) >= 11 is 0. The first-order valence-electron chi connectivity index (χ1n) is 8.10. The molecule has 0 aliphatic carbocycles. The predicted molar refractivity (Wildman–Crippen MR) is 101 cm³/mol. The number of sulfonamides is 1. The molecular weight excluding hydrogens is 350 g/mol. The third-order valence-electron chi connectivity index (χ3n) is 3.93. The van der Waals surface area contributed by atoms with Crippen LogP contribution in [0.1, 0.15) is 16.7 Å². The van der Waals surface area contributed by atoms with E-state index in [1.54, 1.807) is 18.2 Å². The summed E-state index contributed by atoms with van der Waals surface area (Å²) in [5, 5.41) is 11.7. The quantitative estimate of drug-likeness (QED) is 0.806. The number of nitriles is 1. The topological polar surface area (TPSA) is 90.3 Å². The van der Waals surface area contributed by atoms with Crippen molar-refractivity contribution in [1.29, 1.82) is 5.26 Å². The van der Waals surface area contributed by atoms with E-state index in [4.69, 9.17) is 5.26 Å². The van der Waals surface area contributed by atoms with Gasteiger partial charge < -0.3 is 5.32 Å². The summed E-state index contributed by atoms with van der Waals surface area (Å²) in [4.78, 5) is 12.2. The van der Waals surface area contributed by atoms with Crippen LogP contribution in [0.4, 0.5) is 5.69 Å². The molecule has 0 bridgehead atoms. The van der Waals surface area contributed by atoms with Gasteiger partial charge in [0.05, 0.1) is 23.6 Å². The van der Waals surface area contributed by atoms with Crippen LogP contribution in [0.15, 0.2) is 48.5 Å². The van der Waals surface area contributed by atoms with Gasteiger partial charge in [0, 0.05) is 6.54 Å². The molecule has 0 saturated heterocycles. The molecule has 6 nitrogen and oxygen atoms in total. The number of hydrogen-bond donors (Lipinski definition) is 1. The second-order valence-electron chi connectivity index (χ2n) is 5.96. The highest BCUT2D eigenvalue weighted by Crippen LogP contribution is 2.18. The minimum absolute atomic E-state index is 0.292. The molecule has 0 saturated carbocycles. The van der Waals surface area contributed by atoms with Gasteiger partial charge in [-0.25, -0.2) is 8.42 Å². The molecule has 2 aromatic carbocycles. The van der Waals surface area contributed by atoms with Crippen LogP contribution >= 0.6 is 0 Å². The molecule has 136 valence electrons. The molecule has 1 N–H and O–H groups in total. The fourth-order valence-electron chi connectivity index (χ4n) is 2.54. The predicted octanol–water partition coefficient (Wildman–Crippen LogP) is 1.99. The fourth-order valence-corrected chi connectivity index (χ4v) is 3.39. The fraction of sp³-hybridized carbons (Fsp3) is 0.263. The van der Waals surface area contributed by atoms with Gasteiger partial charge in [-0.2, -0.15) is 5.26 Å². The normalized spacial score (nSPS) is 10.8. The van der Waals surface area contributed by atoms with Crippen molar-refractivity contribution in [2.45, 2.75) is 13.3 Å². The molecule has 0 fully saturated rings. The molecule has 7 heteroatoms. The minimum atomic E-state index is -3.66. The monoisotopic (exact) mass is 371 g/mol. The Balaban J connectivity index is 2.03. The Bertz CT molecular complexity index is 933. The average Bonchev–Trinajstić information content (AvgIpc) is 2.60. The lowest BCUT2D eigenvalue weighted by Crippen LogP contribution is -2.41. The van der Waals surface area contributed by atoms with Gasteiger partial charge in [0.2, 0.25) is 15.9 Å². The number of hydrogen-bond acceptors (Lipinski definition) is 4. The van der Waals surface area contributed by atoms with E-state index in [9.17, 15) is 13.2 Å². The zero-order chi connectivity index (χ0) is 19.2. The highest BCUT2D eigenvalue weighted by Gasteiger charge is 2.21. The van der Waals surface area contributed by atoms with E-state index in [1.807, 2.05) is 37.3 Å². The van der Waals surface area contributed by atoms with Gasteiger partial charge in [0.1, 0.15) is 6.54 Å². The van der Waals surface area contributed by atoms with Crippen molar-refractivity contribution in [3.8, 4) is 6.07 Å². The van der Waals surface area contributed by atoms with Gasteiger partial charge in [-0.05, 0) is 42.7 Å². The summed E-state index contributed by atoms with van der Waals surface area (Å²) in [5.41, 5.74) is 2.90. The van der Waals surface area contributed by atoms with Gasteiger partial charge in [-0.15, -0.1) is 0 Å². The minimum Gasteiger partial charge on any atom is -0.354 e. The second-order valence-corrected chi connectivity index (χ2v) is 7.87. The summed E-state index contributed by atoms with van der Waals surface area (Å²) in [6.07, 6.45) is 1.70. The van der Waals surface area contributed by atoms with Crippen LogP contribution < -0.4 is 9.62 Å². The molecule has 2 rings (SSSR count). The number of carbonyl (C=O) groups excluding carboxylic acids is 1. The van der Waals surface area contributed by atoms with E-state index >= 15 is 0 Å². The Kier molecular flexibility index (Phi) is 6.36. The molecule has 0 spiro atoms. The number of aryl methyl sites for hydroxylation is 1. The number of nitrogens with one attached hydrogen (secondary N) is 1. The van der Waals surface area contributed by atoms with E-state index in [2.05, 4.69) is 5.32 Å². The summed E-state index contributed by atoms with van der Waals surface area (Å²) in [6, 6.07) is 16.0. The Morgan fingerprint density at radius 3 is 2.58 bits per heavy atom. The van der Waals surface area contributed by atoms with Crippen LogP contribution in [0.3, 0.4) is 0 Å². The maximum atomic E-state index is 12.2. The molecule has 0 unspecified atom stereocenters. The maximum Gasteiger partial charge on any atom is 0.240 e. The summed E-state index contributed by atoms with van der Waals surface area (Å²) in [5.74, 6) is -0.397. The zero-order valence-corrected chi connectivity index (χ0v) is 15.6. The lowest BCUT2D eigenvalue weighted by atomic mass is 10.1. The number of amides is 1. The van der Waals surface area contributed by atoms with Crippen LogP contribution in [0.25, 0.3) is 0 Å². The smallest absolute Gasteiger partial charge is 0.240 e. The molecule has 0 atom stereocenters. The van der Waals surface area contributed by atoms with E-state index in [0.717, 1.165) is 21.7 Å². The molecule has 1 amide bonds. The SMILES string of the molecule is Cc1ccccc1CCNC(=O)CN(c1cccc(C#N)c1)S(C)(=O)=O. The Morgan fingerprint density at radius 1 is 1.19 bits per heavy atom. The van der Waals surface area contributed by atoms with Crippen LogP contribution in [0, 0.1) is 18.3 Å². The maximum absolute atomic E-state index is 12.2. The highest BCUT2D eigenvalue weighted by molar-refractivity contribution is 7.92. The first-order valence-corrected chi connectivity index (χ1v) is 9.95. The van der Waals surface area contributed by atoms with Gasteiger partial charge in [-0.1, -0.05) is 30.3 Å². The van der Waals surface area contributed by atoms with Gasteiger partial charge >= 0.3 is 0 Å². The molecule has 2 aromatic rings. The Labute approximate surface area is 154 Å². The standard InChI is InChI=1S/C19H21N3O3S/c1-15-6-3-4-8-17(15)10-11-21-19(23)14-22(26(2,24)25)18-9-5-7-16(12-18)13-20/h3-9,12H,10-11,14H2,1-2H3,(H,21,23). The van der Waals surface area contributed by atoms with Crippen molar-refractivity contribution in [1.82, 2.24) is 5.32 Å². The van der Waals surface area contributed by atoms with E-state index in [0.29, 0.717) is 24.2 Å². The first kappa shape index (κ1) is 19.5. The molecule has 0 aliphatic rings. The van der Waals surface area contributed by atoms with Crippen LogP contribution in [0.2, 0.25) is 0 Å². The van der Waals surface area contributed by atoms with E-state index < -0.39 is 15.9 Å². The number of nitrogens with zero attached hydrogens (tertiary/aromatic N) is 2. The van der Waals surface area contributed by atoms with Crippen LogP contribution in [-0.2, 0) is 21.2 Å². The third kappa shape index (κ3) is 5.33. The zero-order valence-electron chi connectivity index (χ0n) is 14.8. The number of benzene rings is 2. The van der Waals surface area contributed by atoms with Crippen LogP contribution in [0.5, 0.6) is 0 Å². The molecule has 26 heavy (non-hydrogen) atoms. The molecule has 0 aliphatic heterocycles. The van der Waals surface area contributed by atoms with Crippen molar-refractivity contribution < 1.29 is 13.2 Å². The van der Waals surface area contributed by atoms with E-state index in [-0.39, 0.29) is 6.54 Å². The molecule has 0 heterocycles. The Hall–Kier alpha value is -2.85. The molecular formula is C19H21N3O3S. The lowest BCUT2D eigenvalue weighted by molar-refractivity contribution is -0.119. The highest BCUT2D eigenvalue weighted by atomic mass is 32.2. The summed E-state index contributed by atoms with van der Waals surface area (Å²) < 4.78 is 25.1. The lowest BCUT2D eigenvalue weighted by Gasteiger charge is -2.22. The number of anilines is 1. The van der Waals surface area contributed by atoms with Crippen molar-refractivity contribution in [3.63, 3.8) is 0 Å². The van der Waals surface area contributed by atoms with Gasteiger partial charge in [0.25, 0.3) is 0 Å². The average molecular weight is 371 g/mol. The first-order chi connectivity index (χ1) is 12.3. The summed E-state index contributed by atoms with van der Waals surface area (Å²) in [6.45, 7) is 2.09. The number of rotatable bonds is 7. The van der Waals surface area contributed by atoms with Gasteiger partial charge in [-0.3, -0.25) is 9.10 Å². The largest absolute Gasteiger partial charge is 0.354 e. The molecule has 0 aromatic heterocycles. The van der Waals surface area contributed by atoms with Crippen molar-refractivity contribution in [2.75, 3.05) is 23.7 Å². The Morgan fingerprint density at radius 2 is 1.92 bits per heavy atom. The van der Waals surface area contributed by atoms with Crippen LogP contribution in [-0.4, -0.2) is 33.7 Å². The number of carbonyl (C=O) groups is 1. The van der Waals surface area contributed by atoms with Gasteiger partial charge in [0.15, 0.2) is 0 Å². The second kappa shape index (κ2) is 8.50. The molecule has 0 radical (unpaired) electrons.